The summed E-state index contributed by atoms with van der Waals surface area (Å²) in [6, 6.07) is 166. The molecule has 0 saturated carbocycles. The summed E-state index contributed by atoms with van der Waals surface area (Å²) in [4.78, 5) is 32.0. The molecule has 142 heavy (non-hydrogen) atoms. The van der Waals surface area contributed by atoms with Gasteiger partial charge in [0.05, 0.1) is 103 Å². The minimum absolute atomic E-state index is 0.679. The van der Waals surface area contributed by atoms with E-state index in [9.17, 15) is 0 Å². The van der Waals surface area contributed by atoms with Gasteiger partial charge in [0.1, 0.15) is 0 Å². The summed E-state index contributed by atoms with van der Waals surface area (Å²) < 4.78 is 18.7. The van der Waals surface area contributed by atoms with Gasteiger partial charge in [0.2, 0.25) is 11.9 Å². The first-order valence-corrected chi connectivity index (χ1v) is 50.2. The molecule has 0 bridgehead atoms. The van der Waals surface area contributed by atoms with E-state index in [-0.39, 0.29) is 0 Å². The molecule has 11 heterocycles. The topological polar surface area (TPSA) is 102 Å². The molecule has 0 radical (unpaired) electrons. The zero-order chi connectivity index (χ0) is 93.1. The van der Waals surface area contributed by atoms with Crippen LogP contribution < -0.4 is 0 Å². The minimum Gasteiger partial charge on any atom is -0.309 e. The Kier molecular flexibility index (Phi) is 18.7. The van der Waals surface area contributed by atoms with Gasteiger partial charge in [-0.3, -0.25) is 9.13 Å². The number of fused-ring (bicyclic) bond motifs is 29. The summed E-state index contributed by atoms with van der Waals surface area (Å²) >= 11 is 5.29. The second kappa shape index (κ2) is 32.8. The summed E-state index contributed by atoms with van der Waals surface area (Å²) in [5, 5.41) is 20.7. The van der Waals surface area contributed by atoms with Crippen LogP contribution in [0.25, 0.3) is 277 Å². The quantitative estimate of drug-likeness (QED) is 0.126. The Balaban J connectivity index is 0.000000102. The van der Waals surface area contributed by atoms with Gasteiger partial charge in [0.15, 0.2) is 5.82 Å². The van der Waals surface area contributed by atoms with Crippen molar-refractivity contribution in [2.24, 2.45) is 0 Å². The molecular weight excluding hydrogens is 1790 g/mol. The lowest BCUT2D eigenvalue weighted by atomic mass is 9.97. The van der Waals surface area contributed by atoms with Gasteiger partial charge in [-0.2, -0.15) is 0 Å². The van der Waals surface area contributed by atoms with E-state index in [1.165, 1.54) is 128 Å². The Morgan fingerprint density at radius 2 is 0.486 bits per heavy atom. The van der Waals surface area contributed by atoms with Gasteiger partial charge in [-0.25, -0.2) is 29.9 Å². The van der Waals surface area contributed by atoms with Crippen LogP contribution >= 0.6 is 34.0 Å². The number of rotatable bonds is 10. The highest BCUT2D eigenvalue weighted by atomic mass is 32.1. The third kappa shape index (κ3) is 12.9. The highest BCUT2D eigenvalue weighted by Crippen LogP contribution is 2.50. The van der Waals surface area contributed by atoms with Crippen molar-refractivity contribution in [3.05, 3.63) is 467 Å². The Labute approximate surface area is 824 Å². The van der Waals surface area contributed by atoms with Crippen molar-refractivity contribution in [2.45, 2.75) is 0 Å². The molecule has 31 aromatic rings. The van der Waals surface area contributed by atoms with Crippen molar-refractivity contribution in [3.8, 4) is 85.2 Å². The van der Waals surface area contributed by atoms with Crippen molar-refractivity contribution >= 4 is 225 Å². The number of aromatic nitrogens is 11. The maximum Gasteiger partial charge on any atom is 0.235 e. The molecule has 0 aliphatic rings. The lowest BCUT2D eigenvalue weighted by molar-refractivity contribution is 1.02. The Morgan fingerprint density at radius 1 is 0.169 bits per heavy atom. The molecule has 0 aliphatic heterocycles. The molecular formula is C128H77N11S3. The first kappa shape index (κ1) is 81.0. The van der Waals surface area contributed by atoms with Crippen LogP contribution in [0.4, 0.5) is 0 Å². The van der Waals surface area contributed by atoms with Gasteiger partial charge in [0.25, 0.3) is 0 Å². The SMILES string of the molecule is c1ccc(-c2nc(-n3c4ccccc4c4c3ccc3c5ccccc5n(-c5ccccc5)c34)nc3c2sc2ccccc23)cc1.c1ccc(-c2nc(-n3c4ccccc4c4ccc5c(c6ccccc6n5-c5ccccc5)c43)nc3c2sc2ccccc23)cc1.c1ccc2c(c1)ccc1cc(-c3ccc(-c4nc(-c5ccc(-n6c7ccccc7c7ccccc76)cc5)nc5c4sc4ccccc45)cc3)ccc12. The molecule has 20 aromatic carbocycles. The monoisotopic (exact) mass is 1860 g/mol. The maximum absolute atomic E-state index is 5.42. The average Bonchev–Trinajstić information content (AvgIpc) is 1.54. The zero-order valence-corrected chi connectivity index (χ0v) is 78.5. The Hall–Kier alpha value is -18.2. The molecule has 0 saturated heterocycles. The van der Waals surface area contributed by atoms with Crippen LogP contribution in [0.3, 0.4) is 0 Å². The number of hydrogen-bond acceptors (Lipinski definition) is 9. The van der Waals surface area contributed by atoms with E-state index < -0.39 is 0 Å². The van der Waals surface area contributed by atoms with E-state index in [1.807, 2.05) is 0 Å². The lowest BCUT2D eigenvalue weighted by Gasteiger charge is -2.11. The number of nitrogens with zero attached hydrogens (tertiary/aromatic N) is 11. The molecule has 0 fully saturated rings. The van der Waals surface area contributed by atoms with Crippen LogP contribution in [0.5, 0.6) is 0 Å². The smallest absolute Gasteiger partial charge is 0.235 e. The van der Waals surface area contributed by atoms with Gasteiger partial charge >= 0.3 is 0 Å². The van der Waals surface area contributed by atoms with Crippen LogP contribution in [-0.4, -0.2) is 52.7 Å². The third-order valence-electron chi connectivity index (χ3n) is 28.3. The highest BCUT2D eigenvalue weighted by Gasteiger charge is 2.29. The summed E-state index contributed by atoms with van der Waals surface area (Å²) in [7, 11) is 0. The van der Waals surface area contributed by atoms with Crippen molar-refractivity contribution in [2.75, 3.05) is 0 Å². The number of thiophene rings is 3. The predicted octanol–water partition coefficient (Wildman–Crippen LogP) is 34.7. The normalized spacial score (nSPS) is 11.9. The van der Waals surface area contributed by atoms with Gasteiger partial charge in [-0.15, -0.1) is 34.0 Å². The summed E-state index contributed by atoms with van der Waals surface area (Å²) in [5.41, 5.74) is 27.4. The molecule has 0 aliphatic carbocycles. The fourth-order valence-corrected chi connectivity index (χ4v) is 25.4. The molecule has 0 amide bonds. The molecule has 662 valence electrons. The van der Waals surface area contributed by atoms with Crippen molar-refractivity contribution < 1.29 is 0 Å². The Morgan fingerprint density at radius 3 is 1.00 bits per heavy atom. The molecule has 0 atom stereocenters. The van der Waals surface area contributed by atoms with Crippen molar-refractivity contribution in [1.29, 1.82) is 0 Å². The Bertz CT molecular complexity index is 10500. The molecule has 0 unspecified atom stereocenters. The van der Waals surface area contributed by atoms with E-state index in [1.54, 1.807) is 34.0 Å². The maximum atomic E-state index is 5.42. The van der Waals surface area contributed by atoms with Gasteiger partial charge in [-0.1, -0.05) is 346 Å². The second-order valence-electron chi connectivity index (χ2n) is 36.2. The molecule has 11 nitrogen and oxygen atoms in total. The third-order valence-corrected chi connectivity index (χ3v) is 31.8. The van der Waals surface area contributed by atoms with Crippen molar-refractivity contribution in [3.63, 3.8) is 0 Å². The van der Waals surface area contributed by atoms with E-state index >= 15 is 0 Å². The molecule has 0 N–H and O–H groups in total. The van der Waals surface area contributed by atoms with Gasteiger partial charge in [-0.05, 0) is 154 Å². The summed E-state index contributed by atoms with van der Waals surface area (Å²) in [6.45, 7) is 0. The van der Waals surface area contributed by atoms with Crippen molar-refractivity contribution in [1.82, 2.24) is 52.7 Å². The summed E-state index contributed by atoms with van der Waals surface area (Å²) in [5.74, 6) is 2.09. The zero-order valence-electron chi connectivity index (χ0n) is 76.1. The first-order chi connectivity index (χ1) is 70.5. The van der Waals surface area contributed by atoms with E-state index in [0.717, 1.165) is 137 Å². The van der Waals surface area contributed by atoms with E-state index in [2.05, 4.69) is 490 Å². The first-order valence-electron chi connectivity index (χ1n) is 47.8. The number of hydrogen-bond donors (Lipinski definition) is 0. The molecule has 14 heteroatoms. The fraction of sp³-hybridized carbons (Fsp3) is 0. The number of para-hydroxylation sites is 8. The van der Waals surface area contributed by atoms with Gasteiger partial charge in [0, 0.05) is 123 Å². The highest BCUT2D eigenvalue weighted by molar-refractivity contribution is 7.27. The second-order valence-corrected chi connectivity index (χ2v) is 39.4. The van der Waals surface area contributed by atoms with Crippen LogP contribution in [0, 0.1) is 0 Å². The molecule has 0 spiro atoms. The van der Waals surface area contributed by atoms with E-state index in [4.69, 9.17) is 29.9 Å². The van der Waals surface area contributed by atoms with Crippen LogP contribution in [0.1, 0.15) is 0 Å². The number of benzene rings is 20. The molecule has 31 rings (SSSR count). The molecule has 11 aromatic heterocycles. The van der Waals surface area contributed by atoms with E-state index in [0.29, 0.717) is 11.9 Å². The summed E-state index contributed by atoms with van der Waals surface area (Å²) in [6.07, 6.45) is 0. The van der Waals surface area contributed by atoms with Crippen LogP contribution in [-0.2, 0) is 0 Å². The van der Waals surface area contributed by atoms with Crippen LogP contribution in [0.15, 0.2) is 467 Å². The minimum atomic E-state index is 0.679. The fourth-order valence-electron chi connectivity index (χ4n) is 22.0. The van der Waals surface area contributed by atoms with Gasteiger partial charge < -0.3 is 13.7 Å². The standard InChI is InChI=1S/C48H29N3S.2C40H24N4S/c1-2-10-37-31(9-1)19-22-35-29-34(25-28-38(35)37)30-17-20-32(21-18-30)45-47-46(41-13-5-8-16-44(41)52-47)50-48(49-45)33-23-26-36(27-24-33)51-42-14-6-3-11-39(42)40-12-4-7-15-43(40)51;1-3-13-25(14-4-1)36-39-37(30-19-9-12-22-34(30)45-39)42-40(41-36)44-31-20-10-7-17-27(31)28-23-24-33-35(38(28)44)29-18-8-11-21-32(29)43(33)26-15-5-2-6-16-26;1-3-13-25(14-4-1)36-39-37(30-19-9-12-22-34(30)45-39)42-40(41-36)44-32-21-11-8-18-29(32)35-33(44)24-23-28-27-17-7-10-20-31(27)43(38(28)35)26-15-5-2-6-16-26/h1-29H;2*1-24H. The largest absolute Gasteiger partial charge is 0.309 e. The predicted molar refractivity (Wildman–Crippen MR) is 599 cm³/mol. The average molecular weight is 1870 g/mol. The lowest BCUT2D eigenvalue weighted by Crippen LogP contribution is -2.03. The van der Waals surface area contributed by atoms with Crippen LogP contribution in [0.2, 0.25) is 0 Å².